The summed E-state index contributed by atoms with van der Waals surface area (Å²) in [7, 11) is -3.43. The van der Waals surface area contributed by atoms with E-state index in [4.69, 9.17) is 11.6 Å². The number of hydrogen-bond donors (Lipinski definition) is 0. The van der Waals surface area contributed by atoms with E-state index in [0.717, 1.165) is 6.20 Å². The second kappa shape index (κ2) is 11.1. The van der Waals surface area contributed by atoms with Crippen LogP contribution in [0.2, 0.25) is 0 Å². The van der Waals surface area contributed by atoms with Crippen molar-refractivity contribution in [2.75, 3.05) is 26.2 Å². The van der Waals surface area contributed by atoms with Gasteiger partial charge in [-0.2, -0.15) is 22.7 Å². The van der Waals surface area contributed by atoms with Gasteiger partial charge < -0.3 is 16.0 Å². The number of sulfonamides is 1. The topological polar surface area (TPSA) is 82.9 Å². The van der Waals surface area contributed by atoms with Crippen molar-refractivity contribution in [2.24, 2.45) is 16.8 Å². The maximum atomic E-state index is 12.9. The van der Waals surface area contributed by atoms with Crippen molar-refractivity contribution in [2.45, 2.75) is 25.5 Å². The van der Waals surface area contributed by atoms with E-state index in [1.807, 2.05) is 6.92 Å². The molecule has 1 aromatic heterocycles. The Bertz CT molecular complexity index is 920. The van der Waals surface area contributed by atoms with Crippen molar-refractivity contribution in [3.05, 3.63) is 41.1 Å². The largest absolute Gasteiger partial charge is 1.00 e. The van der Waals surface area contributed by atoms with E-state index in [1.54, 1.807) is 0 Å². The Morgan fingerprint density at radius 1 is 1.33 bits per heavy atom. The van der Waals surface area contributed by atoms with Gasteiger partial charge in [-0.25, -0.2) is 17.1 Å². The zero-order valence-corrected chi connectivity index (χ0v) is 21.9. The smallest absolute Gasteiger partial charge is 0.526 e. The number of pyridine rings is 1. The van der Waals surface area contributed by atoms with E-state index in [-0.39, 0.29) is 87.4 Å². The van der Waals surface area contributed by atoms with E-state index < -0.39 is 21.1 Å². The Hall–Kier alpha value is -0.204. The fraction of sp³-hybridized carbons (Fsp3) is 0.526. The van der Waals surface area contributed by atoms with E-state index in [2.05, 4.69) is 22.3 Å². The molecule has 1 aromatic rings. The molecule has 0 aromatic carbocycles. The Labute approximate surface area is 224 Å². The number of allylic oxidation sites excluding steroid dienone is 1. The molecule has 7 nitrogen and oxygen atoms in total. The van der Waals surface area contributed by atoms with Crippen LogP contribution in [0, 0.1) is 23.7 Å². The van der Waals surface area contributed by atoms with Gasteiger partial charge >= 0.3 is 51.4 Å². The fourth-order valence-corrected chi connectivity index (χ4v) is 5.52. The van der Waals surface area contributed by atoms with E-state index in [9.17, 15) is 17.6 Å². The Kier molecular flexibility index (Phi) is 9.63. The summed E-state index contributed by atoms with van der Waals surface area (Å²) in [5, 5.41) is -0.416. The number of aromatic nitrogens is 1. The Morgan fingerprint density at radius 2 is 2.03 bits per heavy atom. The van der Waals surface area contributed by atoms with Gasteiger partial charge in [-0.1, -0.05) is 31.5 Å². The van der Waals surface area contributed by atoms with Crippen molar-refractivity contribution in [1.29, 1.82) is 0 Å². The number of halogens is 2. The van der Waals surface area contributed by atoms with Gasteiger partial charge in [-0.3, -0.25) is 9.78 Å². The molecule has 0 unspecified atom stereocenters. The molecule has 2 aliphatic rings. The Balaban J connectivity index is 0.00000320. The third-order valence-corrected chi connectivity index (χ3v) is 7.63. The van der Waals surface area contributed by atoms with Crippen LogP contribution in [0.5, 0.6) is 0 Å². The molecule has 158 valence electrons. The summed E-state index contributed by atoms with van der Waals surface area (Å²) in [5.74, 6) is -0.590. The molecule has 0 saturated carbocycles. The second-order valence-corrected chi connectivity index (χ2v) is 9.91. The van der Waals surface area contributed by atoms with Crippen molar-refractivity contribution < 1.29 is 69.0 Å². The van der Waals surface area contributed by atoms with Crippen LogP contribution in [0.4, 0.5) is 4.39 Å². The quantitative estimate of drug-likeness (QED) is 0.233. The van der Waals surface area contributed by atoms with E-state index in [1.165, 1.54) is 28.3 Å². The van der Waals surface area contributed by atoms with Gasteiger partial charge in [0, 0.05) is 33.1 Å². The molecular formula is C19H22ClFKN4O3S-. The predicted molar refractivity (Wildman–Crippen MR) is 107 cm³/mol. The van der Waals surface area contributed by atoms with Gasteiger partial charge in [0.1, 0.15) is 11.1 Å². The Morgan fingerprint density at radius 3 is 2.60 bits per heavy atom. The van der Waals surface area contributed by atoms with Crippen LogP contribution in [0.1, 0.15) is 26.0 Å². The number of rotatable bonds is 5. The number of hydrogen-bond acceptors (Lipinski definition) is 5. The van der Waals surface area contributed by atoms with Crippen LogP contribution in [0.25, 0.3) is 0 Å². The predicted octanol–water partition coefficient (Wildman–Crippen LogP) is -1.08. The van der Waals surface area contributed by atoms with Crippen LogP contribution >= 0.6 is 11.6 Å². The van der Waals surface area contributed by atoms with Crippen LogP contribution in [0.15, 0.2) is 28.5 Å². The summed E-state index contributed by atoms with van der Waals surface area (Å²) in [6.07, 6.45) is 7.35. The molecule has 0 aliphatic carbocycles. The average Bonchev–Trinajstić information content (AvgIpc) is 2.61. The standard InChI is InChI=1S/C19H22ClFN4O3S.K/c1-13-10-25(29(27,28)18-11-24(12-18)14(2)26)6-5-15(13)7-19(20)23-9-17-4-3-16(21)8-22-17;/h3-4,8,13,15,18H,5-6,10-12H2,1-2H3;/q-2;+1/t13-,15-;/m0./s1. The van der Waals surface area contributed by atoms with Gasteiger partial charge in [0.25, 0.3) is 0 Å². The molecule has 2 atom stereocenters. The summed E-state index contributed by atoms with van der Waals surface area (Å²) in [4.78, 5) is 20.6. The molecule has 0 radical (unpaired) electrons. The summed E-state index contributed by atoms with van der Waals surface area (Å²) in [6.45, 7) is 4.64. The van der Waals surface area contributed by atoms with Crippen LogP contribution in [-0.2, 0) is 14.8 Å². The number of piperidine rings is 1. The molecule has 0 spiro atoms. The summed E-state index contributed by atoms with van der Waals surface area (Å²) < 4.78 is 39.9. The molecule has 1 amide bonds. The van der Waals surface area contributed by atoms with E-state index in [0.29, 0.717) is 25.2 Å². The molecular weight excluding hydrogens is 458 g/mol. The van der Waals surface area contributed by atoms with Crippen molar-refractivity contribution in [3.8, 4) is 0 Å². The first kappa shape index (κ1) is 26.1. The summed E-state index contributed by atoms with van der Waals surface area (Å²) in [6, 6.07) is 2.69. The minimum Gasteiger partial charge on any atom is -0.526 e. The third kappa shape index (κ3) is 6.41. The molecule has 11 heteroatoms. The second-order valence-electron chi connectivity index (χ2n) is 7.34. The monoisotopic (exact) mass is 479 g/mol. The number of aliphatic imine (C=N–C) groups is 1. The van der Waals surface area contributed by atoms with Gasteiger partial charge in [0.05, 0.1) is 6.20 Å². The van der Waals surface area contributed by atoms with Crippen LogP contribution < -0.4 is 51.4 Å². The first-order valence-corrected chi connectivity index (χ1v) is 11.2. The maximum absolute atomic E-state index is 12.9. The van der Waals surface area contributed by atoms with Crippen LogP contribution in [-0.4, -0.2) is 66.2 Å². The minimum absolute atomic E-state index is 0. The molecule has 3 rings (SSSR count). The number of nitrogens with zero attached hydrogens (tertiary/aromatic N) is 4. The van der Waals surface area contributed by atoms with Crippen molar-refractivity contribution in [1.82, 2.24) is 14.2 Å². The maximum Gasteiger partial charge on any atom is 1.00 e. The number of carbonyl (C=O) groups is 1. The molecule has 0 bridgehead atoms. The van der Waals surface area contributed by atoms with E-state index >= 15 is 0 Å². The first-order chi connectivity index (χ1) is 13.7. The fourth-order valence-electron chi connectivity index (χ4n) is 3.38. The third-order valence-electron chi connectivity index (χ3n) is 5.24. The first-order valence-electron chi connectivity index (χ1n) is 9.28. The number of carbonyl (C=O) groups excluding carboxylic acids is 1. The van der Waals surface area contributed by atoms with Crippen LogP contribution in [0.3, 0.4) is 0 Å². The van der Waals surface area contributed by atoms with Gasteiger partial charge in [-0.15, -0.1) is 6.07 Å². The average molecular weight is 480 g/mol. The summed E-state index contributed by atoms with van der Waals surface area (Å²) in [5.41, 5.74) is 0.348. The zero-order valence-electron chi connectivity index (χ0n) is 17.2. The van der Waals surface area contributed by atoms with Gasteiger partial charge in [0.2, 0.25) is 15.9 Å². The molecule has 2 aliphatic heterocycles. The molecule has 2 fully saturated rings. The van der Waals surface area contributed by atoms with Gasteiger partial charge in [0.15, 0.2) is 0 Å². The molecule has 0 N–H and O–H groups in total. The molecule has 3 heterocycles. The summed E-state index contributed by atoms with van der Waals surface area (Å²) >= 11 is 6.12. The number of likely N-dealkylation sites (tertiary alicyclic amines) is 1. The minimum atomic E-state index is -3.43. The molecule has 2 saturated heterocycles. The normalized spacial score (nSPS) is 23.9. The zero-order chi connectivity index (χ0) is 21.2. The SMILES string of the molecule is CC(=O)N1CC(S(=O)(=O)N2CC[C@@H]([C-]=C(Cl)N=[C-]c3ccc(F)cn3)[C@@H](C)C2)C1.[K+]. The molecule has 30 heavy (non-hydrogen) atoms. The number of amides is 1. The van der Waals surface area contributed by atoms with Gasteiger partial charge in [-0.05, 0) is 5.69 Å². The van der Waals surface area contributed by atoms with Crippen molar-refractivity contribution in [3.63, 3.8) is 0 Å². The van der Waals surface area contributed by atoms with Crippen molar-refractivity contribution >= 4 is 33.7 Å².